The minimum Gasteiger partial charge on any atom is -0.508 e. The molecule has 1 fully saturated rings. The van der Waals surface area contributed by atoms with Gasteiger partial charge in [0.15, 0.2) is 0 Å². The third-order valence-corrected chi connectivity index (χ3v) is 5.16. The number of aliphatic hydroxyl groups excluding tert-OH is 1. The number of likely N-dealkylation sites (tertiary alicyclic amines) is 1. The number of phenolic OH excluding ortho intramolecular Hbond substituents is 1. The van der Waals surface area contributed by atoms with Crippen molar-refractivity contribution in [3.8, 4) is 11.5 Å². The van der Waals surface area contributed by atoms with E-state index in [0.717, 1.165) is 0 Å². The molecule has 3 rings (SSSR count). The highest BCUT2D eigenvalue weighted by atomic mass is 35.5. The van der Waals surface area contributed by atoms with Crippen molar-refractivity contribution in [2.24, 2.45) is 0 Å². The highest BCUT2D eigenvalue weighted by Gasteiger charge is 2.46. The number of aromatic hydroxyl groups is 1. The predicted molar refractivity (Wildman–Crippen MR) is 116 cm³/mol. The lowest BCUT2D eigenvalue weighted by molar-refractivity contribution is -0.140. The van der Waals surface area contributed by atoms with E-state index in [4.69, 9.17) is 21.1 Å². The van der Waals surface area contributed by atoms with E-state index in [9.17, 15) is 19.8 Å². The number of methoxy groups -OCH3 is 1. The van der Waals surface area contributed by atoms with E-state index in [1.165, 1.54) is 30.2 Å². The Labute approximate surface area is 185 Å². The summed E-state index contributed by atoms with van der Waals surface area (Å²) < 4.78 is 10.9. The molecule has 0 aliphatic carbocycles. The molecule has 31 heavy (non-hydrogen) atoms. The maximum Gasteiger partial charge on any atom is 0.295 e. The summed E-state index contributed by atoms with van der Waals surface area (Å²) in [6.45, 7) is 4.07. The third-order valence-electron chi connectivity index (χ3n) is 4.93. The maximum absolute atomic E-state index is 13.0. The van der Waals surface area contributed by atoms with E-state index in [2.05, 4.69) is 0 Å². The van der Waals surface area contributed by atoms with Gasteiger partial charge in [0.2, 0.25) is 0 Å². The monoisotopic (exact) mass is 445 g/mol. The number of benzene rings is 2. The van der Waals surface area contributed by atoms with Gasteiger partial charge in [0, 0.05) is 11.6 Å². The molecule has 1 unspecified atom stereocenters. The number of ketones is 1. The molecule has 2 N–H and O–H groups in total. The van der Waals surface area contributed by atoms with Crippen molar-refractivity contribution in [2.75, 3.05) is 20.3 Å². The zero-order valence-electron chi connectivity index (χ0n) is 17.5. The summed E-state index contributed by atoms with van der Waals surface area (Å²) in [5.41, 5.74) is 0.559. The van der Waals surface area contributed by atoms with Crippen LogP contribution in [0.15, 0.2) is 48.0 Å². The first-order chi connectivity index (χ1) is 14.7. The van der Waals surface area contributed by atoms with E-state index in [-0.39, 0.29) is 36.1 Å². The summed E-state index contributed by atoms with van der Waals surface area (Å²) in [6.07, 6.45) is -0.0493. The average Bonchev–Trinajstić information content (AvgIpc) is 2.98. The summed E-state index contributed by atoms with van der Waals surface area (Å²) in [4.78, 5) is 27.2. The van der Waals surface area contributed by atoms with E-state index < -0.39 is 23.5 Å². The van der Waals surface area contributed by atoms with Crippen LogP contribution in [0.5, 0.6) is 11.5 Å². The summed E-state index contributed by atoms with van der Waals surface area (Å²) in [6, 6.07) is 9.92. The Bertz CT molecular complexity index is 1030. The molecule has 2 aromatic rings. The molecule has 0 spiro atoms. The lowest BCUT2D eigenvalue weighted by Crippen LogP contribution is -2.33. The molecule has 1 aliphatic heterocycles. The van der Waals surface area contributed by atoms with Gasteiger partial charge in [-0.15, -0.1) is 0 Å². The van der Waals surface area contributed by atoms with Gasteiger partial charge in [0.05, 0.1) is 37.0 Å². The van der Waals surface area contributed by atoms with Crippen LogP contribution in [-0.2, 0) is 14.3 Å². The van der Waals surface area contributed by atoms with Crippen LogP contribution in [0.1, 0.15) is 31.0 Å². The molecule has 1 aliphatic rings. The van der Waals surface area contributed by atoms with Crippen LogP contribution in [0.3, 0.4) is 0 Å². The minimum absolute atomic E-state index is 0.0261. The summed E-state index contributed by atoms with van der Waals surface area (Å²) >= 11 is 6.09. The molecular formula is C23H24ClNO6. The molecular weight excluding hydrogens is 422 g/mol. The van der Waals surface area contributed by atoms with Crippen LogP contribution in [0.2, 0.25) is 5.02 Å². The standard InChI is InChI=1S/C23H24ClNO6/c1-13(2)31-10-9-25-20(14-5-4-6-16(26)11-14)19(22(28)23(25)29)21(27)17-12-15(24)7-8-18(17)30-3/h4-8,11-13,20,26-27H,9-10H2,1-3H3/b21-19+. The average molecular weight is 446 g/mol. The van der Waals surface area contributed by atoms with Crippen LogP contribution in [0.25, 0.3) is 5.76 Å². The van der Waals surface area contributed by atoms with Gasteiger partial charge in [-0.1, -0.05) is 23.7 Å². The second-order valence-electron chi connectivity index (χ2n) is 7.35. The van der Waals surface area contributed by atoms with Gasteiger partial charge in [-0.25, -0.2) is 0 Å². The van der Waals surface area contributed by atoms with Gasteiger partial charge < -0.3 is 24.6 Å². The molecule has 1 atom stereocenters. The van der Waals surface area contributed by atoms with Crippen LogP contribution < -0.4 is 4.74 Å². The lowest BCUT2D eigenvalue weighted by atomic mass is 9.95. The fourth-order valence-corrected chi connectivity index (χ4v) is 3.72. The quantitative estimate of drug-likeness (QED) is 0.381. The number of Topliss-reactive ketones (excluding diaryl/α,β-unsaturated/α-hetero) is 1. The first-order valence-corrected chi connectivity index (χ1v) is 10.1. The highest BCUT2D eigenvalue weighted by Crippen LogP contribution is 2.41. The number of aliphatic hydroxyl groups is 1. The molecule has 2 aromatic carbocycles. The van der Waals surface area contributed by atoms with E-state index in [0.29, 0.717) is 16.3 Å². The maximum atomic E-state index is 13.0. The van der Waals surface area contributed by atoms with Gasteiger partial charge in [0.25, 0.3) is 11.7 Å². The smallest absolute Gasteiger partial charge is 0.295 e. The minimum atomic E-state index is -0.911. The number of nitrogens with zero attached hydrogens (tertiary/aromatic N) is 1. The molecule has 164 valence electrons. The first-order valence-electron chi connectivity index (χ1n) is 9.77. The zero-order chi connectivity index (χ0) is 22.7. The Hall–Kier alpha value is -3.03. The molecule has 0 saturated carbocycles. The molecule has 1 heterocycles. The third kappa shape index (κ3) is 4.68. The van der Waals surface area contributed by atoms with Gasteiger partial charge >= 0.3 is 0 Å². The SMILES string of the molecule is COc1ccc(Cl)cc1/C(O)=C1\C(=O)C(=O)N(CCOC(C)C)C1c1cccc(O)c1. The van der Waals surface area contributed by atoms with Crippen molar-refractivity contribution in [1.82, 2.24) is 4.90 Å². The fraction of sp³-hybridized carbons (Fsp3) is 0.304. The highest BCUT2D eigenvalue weighted by molar-refractivity contribution is 6.46. The summed E-state index contributed by atoms with van der Waals surface area (Å²) in [7, 11) is 1.43. The van der Waals surface area contributed by atoms with Gasteiger partial charge in [-0.3, -0.25) is 9.59 Å². The van der Waals surface area contributed by atoms with Crippen molar-refractivity contribution in [1.29, 1.82) is 0 Å². The summed E-state index contributed by atoms with van der Waals surface area (Å²) in [5.74, 6) is -1.73. The molecule has 0 bridgehead atoms. The molecule has 7 nitrogen and oxygen atoms in total. The Morgan fingerprint density at radius 1 is 1.19 bits per heavy atom. The topological polar surface area (TPSA) is 96.3 Å². The van der Waals surface area contributed by atoms with E-state index >= 15 is 0 Å². The van der Waals surface area contributed by atoms with Crippen molar-refractivity contribution >= 4 is 29.1 Å². The zero-order valence-corrected chi connectivity index (χ0v) is 18.2. The lowest BCUT2D eigenvalue weighted by Gasteiger charge is -2.26. The largest absolute Gasteiger partial charge is 0.508 e. The van der Waals surface area contributed by atoms with Crippen LogP contribution in [0, 0.1) is 0 Å². The number of hydrogen-bond donors (Lipinski definition) is 2. The molecule has 1 saturated heterocycles. The number of rotatable bonds is 7. The second kappa shape index (κ2) is 9.41. The van der Waals surface area contributed by atoms with Crippen molar-refractivity contribution < 1.29 is 29.3 Å². The Balaban J connectivity index is 2.16. The summed E-state index contributed by atoms with van der Waals surface area (Å²) in [5, 5.41) is 21.4. The van der Waals surface area contributed by atoms with E-state index in [1.54, 1.807) is 24.3 Å². The van der Waals surface area contributed by atoms with Crippen LogP contribution in [-0.4, -0.2) is 53.2 Å². The van der Waals surface area contributed by atoms with Gasteiger partial charge in [-0.05, 0) is 49.7 Å². The molecule has 8 heteroatoms. The second-order valence-corrected chi connectivity index (χ2v) is 7.79. The first kappa shape index (κ1) is 22.7. The number of amides is 1. The van der Waals surface area contributed by atoms with Crippen molar-refractivity contribution in [2.45, 2.75) is 26.0 Å². The predicted octanol–water partition coefficient (Wildman–Crippen LogP) is 3.90. The van der Waals surface area contributed by atoms with Crippen LogP contribution in [0.4, 0.5) is 0 Å². The number of hydrogen-bond acceptors (Lipinski definition) is 6. The van der Waals surface area contributed by atoms with E-state index in [1.807, 2.05) is 13.8 Å². The van der Waals surface area contributed by atoms with Crippen LogP contribution >= 0.6 is 11.6 Å². The molecule has 0 radical (unpaired) electrons. The van der Waals surface area contributed by atoms with Gasteiger partial charge in [0.1, 0.15) is 17.3 Å². The number of ether oxygens (including phenoxy) is 2. The number of carbonyl (C=O) groups excluding carboxylic acids is 2. The molecule has 0 aromatic heterocycles. The number of phenols is 1. The fourth-order valence-electron chi connectivity index (χ4n) is 3.55. The number of halogens is 1. The van der Waals surface area contributed by atoms with Gasteiger partial charge in [-0.2, -0.15) is 0 Å². The Morgan fingerprint density at radius 3 is 2.58 bits per heavy atom. The Kier molecular flexibility index (Phi) is 6.87. The molecule has 1 amide bonds. The number of carbonyl (C=O) groups is 2. The Morgan fingerprint density at radius 2 is 1.94 bits per heavy atom. The van der Waals surface area contributed by atoms with Crippen molar-refractivity contribution in [3.63, 3.8) is 0 Å². The normalized spacial score (nSPS) is 18.1. The van der Waals surface area contributed by atoms with Crippen molar-refractivity contribution in [3.05, 3.63) is 64.2 Å².